The Bertz CT molecular complexity index is 891. The van der Waals surface area contributed by atoms with Gasteiger partial charge in [0.1, 0.15) is 18.4 Å². The third-order valence-electron chi connectivity index (χ3n) is 4.98. The average Bonchev–Trinajstić information content (AvgIpc) is 2.71. The Morgan fingerprint density at radius 2 is 1.45 bits per heavy atom. The van der Waals surface area contributed by atoms with E-state index in [2.05, 4.69) is 27.7 Å². The molecular weight excluding hydrogens is 412 g/mol. The molecule has 2 rings (SSSR count). The van der Waals surface area contributed by atoms with E-state index in [0.717, 1.165) is 13.1 Å². The zero-order chi connectivity index (χ0) is 23.0. The maximum Gasteiger partial charge on any atom is 0.264 e. The lowest BCUT2D eigenvalue weighted by Crippen LogP contribution is -3.14. The predicted octanol–water partition coefficient (Wildman–Crippen LogP) is 2.45. The van der Waals surface area contributed by atoms with Crippen LogP contribution in [0.1, 0.15) is 27.7 Å². The van der Waals surface area contributed by atoms with E-state index in [-0.39, 0.29) is 11.4 Å². The van der Waals surface area contributed by atoms with Gasteiger partial charge in [0.25, 0.3) is 10.0 Å². The van der Waals surface area contributed by atoms with Gasteiger partial charge in [-0.1, -0.05) is 58.0 Å². The van der Waals surface area contributed by atoms with E-state index in [1.165, 1.54) is 16.3 Å². The van der Waals surface area contributed by atoms with Crippen LogP contribution in [0.3, 0.4) is 0 Å². The summed E-state index contributed by atoms with van der Waals surface area (Å²) in [7, 11) is -2.37. The molecule has 0 saturated heterocycles. The van der Waals surface area contributed by atoms with Gasteiger partial charge in [-0.2, -0.15) is 0 Å². The summed E-state index contributed by atoms with van der Waals surface area (Å²) in [6, 6.07) is 15.3. The summed E-state index contributed by atoms with van der Waals surface area (Å²) in [6.45, 7) is 10.9. The van der Waals surface area contributed by atoms with Crippen molar-refractivity contribution in [3.63, 3.8) is 0 Å². The van der Waals surface area contributed by atoms with Gasteiger partial charge in [0.2, 0.25) is 0 Å². The molecule has 0 bridgehead atoms. The van der Waals surface area contributed by atoms with Gasteiger partial charge in [-0.25, -0.2) is 8.42 Å². The Morgan fingerprint density at radius 3 is 2.00 bits per heavy atom. The first-order valence-corrected chi connectivity index (χ1v) is 12.3. The van der Waals surface area contributed by atoms with Gasteiger partial charge in [-0.3, -0.25) is 4.31 Å². The Hall–Kier alpha value is -2.09. The third-order valence-corrected chi connectivity index (χ3v) is 6.77. The van der Waals surface area contributed by atoms with E-state index >= 15 is 0 Å². The molecule has 2 N–H and O–H groups in total. The minimum Gasteiger partial charge on any atom is -0.495 e. The van der Waals surface area contributed by atoms with Crippen LogP contribution < -0.4 is 13.9 Å². The Morgan fingerprint density at radius 1 is 0.903 bits per heavy atom. The number of aliphatic hydroxyl groups excluding tert-OH is 1. The Labute approximate surface area is 187 Å². The standard InChI is InChI=1S/C24H36N2O4S/c1-19(2)15-25(16-20(3)4)17-21(27)18-26(23-13-9-10-14-24(23)30-5)31(28,29)22-11-7-6-8-12-22/h6-14,19-21,27H,15-18H2,1-5H3/p+1/t21-/m0/s1. The van der Waals surface area contributed by atoms with Crippen molar-refractivity contribution in [2.45, 2.75) is 38.7 Å². The largest absolute Gasteiger partial charge is 0.495 e. The van der Waals surface area contributed by atoms with Crippen molar-refractivity contribution in [1.82, 2.24) is 0 Å². The van der Waals surface area contributed by atoms with Crippen LogP contribution in [0, 0.1) is 11.8 Å². The van der Waals surface area contributed by atoms with E-state index in [1.54, 1.807) is 54.6 Å². The highest BCUT2D eigenvalue weighted by Gasteiger charge is 2.30. The molecule has 0 fully saturated rings. The molecular formula is C24H37N2O4S+. The second-order valence-corrected chi connectivity index (χ2v) is 10.7. The van der Waals surface area contributed by atoms with E-state index in [4.69, 9.17) is 4.74 Å². The highest BCUT2D eigenvalue weighted by molar-refractivity contribution is 7.92. The molecule has 6 nitrogen and oxygen atoms in total. The first kappa shape index (κ1) is 25.2. The minimum atomic E-state index is -3.88. The fourth-order valence-corrected chi connectivity index (χ4v) is 5.41. The van der Waals surface area contributed by atoms with Crippen LogP contribution in [0.4, 0.5) is 5.69 Å². The molecule has 31 heavy (non-hydrogen) atoms. The monoisotopic (exact) mass is 449 g/mol. The molecule has 0 aliphatic heterocycles. The SMILES string of the molecule is COc1ccccc1N(C[C@@H](O)C[NH+](CC(C)C)CC(C)C)S(=O)(=O)c1ccccc1. The molecule has 2 aromatic carbocycles. The average molecular weight is 450 g/mol. The summed E-state index contributed by atoms with van der Waals surface area (Å²) in [5.74, 6) is 1.42. The number of para-hydroxylation sites is 2. The van der Waals surface area contributed by atoms with Crippen LogP contribution in [0.15, 0.2) is 59.5 Å². The fourth-order valence-electron chi connectivity index (χ4n) is 3.88. The second kappa shape index (κ2) is 11.5. The summed E-state index contributed by atoms with van der Waals surface area (Å²) < 4.78 is 33.8. The van der Waals surface area contributed by atoms with E-state index in [1.807, 2.05) is 0 Å². The summed E-state index contributed by atoms with van der Waals surface area (Å²) in [4.78, 5) is 1.45. The first-order valence-electron chi connectivity index (χ1n) is 10.9. The number of aliphatic hydroxyl groups is 1. The van der Waals surface area contributed by atoms with Gasteiger partial charge in [0, 0.05) is 11.8 Å². The van der Waals surface area contributed by atoms with Crippen LogP contribution in [-0.2, 0) is 10.0 Å². The van der Waals surface area contributed by atoms with Gasteiger partial charge in [-0.05, 0) is 24.3 Å². The maximum atomic E-state index is 13.5. The van der Waals surface area contributed by atoms with Gasteiger partial charge in [0.15, 0.2) is 0 Å². The number of nitrogens with one attached hydrogen (secondary N) is 1. The third kappa shape index (κ3) is 7.23. The number of nitrogens with zero attached hydrogens (tertiary/aromatic N) is 1. The number of anilines is 1. The number of hydrogen-bond donors (Lipinski definition) is 2. The van der Waals surface area contributed by atoms with Crippen molar-refractivity contribution in [2.24, 2.45) is 11.8 Å². The lowest BCUT2D eigenvalue weighted by Gasteiger charge is -2.30. The van der Waals surface area contributed by atoms with Gasteiger partial charge in [0.05, 0.1) is 37.3 Å². The molecule has 0 unspecified atom stereocenters. The normalized spacial score (nSPS) is 13.1. The molecule has 1 atom stereocenters. The first-order chi connectivity index (χ1) is 14.6. The van der Waals surface area contributed by atoms with Crippen molar-refractivity contribution in [2.75, 3.05) is 37.6 Å². The lowest BCUT2D eigenvalue weighted by atomic mass is 10.1. The summed E-state index contributed by atoms with van der Waals surface area (Å²) in [6.07, 6.45) is -0.823. The van der Waals surface area contributed by atoms with Crippen molar-refractivity contribution in [3.05, 3.63) is 54.6 Å². The van der Waals surface area contributed by atoms with Crippen molar-refractivity contribution in [1.29, 1.82) is 0 Å². The predicted molar refractivity (Wildman–Crippen MR) is 125 cm³/mol. The molecule has 0 saturated carbocycles. The van der Waals surface area contributed by atoms with Crippen molar-refractivity contribution >= 4 is 15.7 Å². The van der Waals surface area contributed by atoms with E-state index < -0.39 is 16.1 Å². The minimum absolute atomic E-state index is 0.0444. The number of quaternary nitrogens is 1. The molecule has 7 heteroatoms. The number of methoxy groups -OCH3 is 1. The smallest absolute Gasteiger partial charge is 0.264 e. The number of sulfonamides is 1. The molecule has 0 aliphatic carbocycles. The summed E-state index contributed by atoms with van der Waals surface area (Å²) >= 11 is 0. The van der Waals surface area contributed by atoms with Crippen LogP contribution in [0.5, 0.6) is 5.75 Å². The van der Waals surface area contributed by atoms with Gasteiger partial charge in [-0.15, -0.1) is 0 Å². The number of rotatable bonds is 12. The summed E-state index contributed by atoms with van der Waals surface area (Å²) in [5, 5.41) is 11.0. The van der Waals surface area contributed by atoms with Crippen LogP contribution in [0.25, 0.3) is 0 Å². The molecule has 0 heterocycles. The zero-order valence-electron chi connectivity index (χ0n) is 19.3. The summed E-state index contributed by atoms with van der Waals surface area (Å²) in [5.41, 5.74) is 0.419. The Kier molecular flexibility index (Phi) is 9.34. The zero-order valence-corrected chi connectivity index (χ0v) is 20.1. The van der Waals surface area contributed by atoms with Crippen LogP contribution in [0.2, 0.25) is 0 Å². The van der Waals surface area contributed by atoms with E-state index in [9.17, 15) is 13.5 Å². The maximum absolute atomic E-state index is 13.5. The van der Waals surface area contributed by atoms with Crippen LogP contribution >= 0.6 is 0 Å². The van der Waals surface area contributed by atoms with Crippen LogP contribution in [-0.4, -0.2) is 52.9 Å². The number of benzene rings is 2. The van der Waals surface area contributed by atoms with Gasteiger partial charge < -0.3 is 14.7 Å². The molecule has 0 radical (unpaired) electrons. The lowest BCUT2D eigenvalue weighted by molar-refractivity contribution is -0.909. The molecule has 2 aromatic rings. The molecule has 0 aromatic heterocycles. The van der Waals surface area contributed by atoms with Crippen molar-refractivity contribution < 1.29 is 23.2 Å². The van der Waals surface area contributed by atoms with Crippen molar-refractivity contribution in [3.8, 4) is 5.75 Å². The molecule has 0 amide bonds. The number of ether oxygens (including phenoxy) is 1. The van der Waals surface area contributed by atoms with E-state index in [0.29, 0.717) is 29.8 Å². The quantitative estimate of drug-likeness (QED) is 0.522. The highest BCUT2D eigenvalue weighted by atomic mass is 32.2. The number of hydrogen-bond acceptors (Lipinski definition) is 4. The fraction of sp³-hybridized carbons (Fsp3) is 0.500. The highest BCUT2D eigenvalue weighted by Crippen LogP contribution is 2.32. The molecule has 172 valence electrons. The second-order valence-electron chi connectivity index (χ2n) is 8.82. The molecule has 0 aliphatic rings. The molecule has 0 spiro atoms. The topological polar surface area (TPSA) is 71.3 Å². The Balaban J connectivity index is 2.37. The van der Waals surface area contributed by atoms with Gasteiger partial charge >= 0.3 is 0 Å².